The number of carbonyl (C=O) groups excluding carboxylic acids is 2. The van der Waals surface area contributed by atoms with Gasteiger partial charge >= 0.3 is 0 Å². The van der Waals surface area contributed by atoms with Crippen molar-refractivity contribution < 1.29 is 14.3 Å². The number of ketones is 1. The van der Waals surface area contributed by atoms with E-state index >= 15 is 0 Å². The lowest BCUT2D eigenvalue weighted by atomic mass is 10.1. The lowest BCUT2D eigenvalue weighted by Gasteiger charge is -2.33. The molecule has 1 atom stereocenters. The molecule has 0 spiro atoms. The van der Waals surface area contributed by atoms with Gasteiger partial charge in [0.25, 0.3) is 5.91 Å². The van der Waals surface area contributed by atoms with Crippen LogP contribution in [0, 0.1) is 0 Å². The van der Waals surface area contributed by atoms with Crippen LogP contribution in [0.1, 0.15) is 27.9 Å². The van der Waals surface area contributed by atoms with Gasteiger partial charge in [-0.3, -0.25) is 14.5 Å². The summed E-state index contributed by atoms with van der Waals surface area (Å²) < 4.78 is 5.81. The Morgan fingerprint density at radius 3 is 2.62 bits per heavy atom. The smallest absolute Gasteiger partial charge is 0.268 e. The van der Waals surface area contributed by atoms with Gasteiger partial charge in [0.1, 0.15) is 5.75 Å². The summed E-state index contributed by atoms with van der Waals surface area (Å²) >= 11 is 7.54. The molecule has 5 rings (SSSR count). The topological polar surface area (TPSA) is 59.5 Å². The van der Waals surface area contributed by atoms with Gasteiger partial charge in [0.05, 0.1) is 22.9 Å². The van der Waals surface area contributed by atoms with Crippen LogP contribution in [0.2, 0.25) is 5.02 Å². The number of ether oxygens (including phenoxy) is 1. The largest absolute Gasteiger partial charge is 0.479 e. The highest BCUT2D eigenvalue weighted by Crippen LogP contribution is 2.38. The van der Waals surface area contributed by atoms with E-state index in [0.717, 1.165) is 22.7 Å². The Kier molecular flexibility index (Phi) is 6.18. The van der Waals surface area contributed by atoms with Crippen molar-refractivity contribution in [3.63, 3.8) is 0 Å². The van der Waals surface area contributed by atoms with Gasteiger partial charge in [-0.15, -0.1) is 11.3 Å². The molecule has 1 aliphatic rings. The molecule has 0 N–H and O–H groups in total. The number of hydrogen-bond donors (Lipinski definition) is 0. The number of benzene rings is 3. The van der Waals surface area contributed by atoms with Crippen molar-refractivity contribution in [3.05, 3.63) is 99.3 Å². The average molecular weight is 489 g/mol. The molecule has 170 valence electrons. The second-order valence-corrected chi connectivity index (χ2v) is 9.46. The first kappa shape index (κ1) is 22.3. The molecule has 3 aromatic carbocycles. The fourth-order valence-corrected chi connectivity index (χ4v) is 4.86. The Balaban J connectivity index is 1.43. The van der Waals surface area contributed by atoms with Gasteiger partial charge in [-0.05, 0) is 55.0 Å². The van der Waals surface area contributed by atoms with E-state index in [4.69, 9.17) is 21.3 Å². The van der Waals surface area contributed by atoms with E-state index in [2.05, 4.69) is 12.1 Å². The van der Waals surface area contributed by atoms with Crippen LogP contribution in [0.5, 0.6) is 5.75 Å². The molecule has 0 radical (unpaired) electrons. The zero-order valence-electron chi connectivity index (χ0n) is 18.4. The number of anilines is 1. The molecule has 0 bridgehead atoms. The maximum Gasteiger partial charge on any atom is 0.268 e. The zero-order valence-corrected chi connectivity index (χ0v) is 20.0. The zero-order chi connectivity index (χ0) is 23.7. The number of amides is 1. The quantitative estimate of drug-likeness (QED) is 0.310. The fraction of sp³-hybridized carbons (Fsp3) is 0.148. The van der Waals surface area contributed by atoms with Crippen LogP contribution in [-0.4, -0.2) is 29.3 Å². The van der Waals surface area contributed by atoms with Crippen LogP contribution in [0.15, 0.2) is 78.2 Å². The third-order valence-electron chi connectivity index (χ3n) is 5.68. The highest BCUT2D eigenvalue weighted by molar-refractivity contribution is 7.10. The minimum atomic E-state index is -0.673. The lowest BCUT2D eigenvalue weighted by molar-refractivity contribution is -0.125. The Labute approximate surface area is 206 Å². The number of Topliss-reactive ketones (excluding diaryl/α,β-unsaturated/α-hetero) is 1. The fourth-order valence-electron chi connectivity index (χ4n) is 3.90. The molecule has 1 aromatic heterocycles. The Bertz CT molecular complexity index is 1350. The molecule has 0 aliphatic carbocycles. The third kappa shape index (κ3) is 4.60. The van der Waals surface area contributed by atoms with E-state index in [-0.39, 0.29) is 18.2 Å². The van der Waals surface area contributed by atoms with Crippen LogP contribution in [0.4, 0.5) is 5.69 Å². The molecule has 34 heavy (non-hydrogen) atoms. The van der Waals surface area contributed by atoms with Crippen molar-refractivity contribution in [2.24, 2.45) is 0 Å². The van der Waals surface area contributed by atoms with Gasteiger partial charge in [0.15, 0.2) is 11.9 Å². The van der Waals surface area contributed by atoms with Gasteiger partial charge < -0.3 is 4.74 Å². The first-order valence-electron chi connectivity index (χ1n) is 10.9. The normalized spacial score (nSPS) is 15.1. The molecule has 2 heterocycles. The van der Waals surface area contributed by atoms with Gasteiger partial charge in [0, 0.05) is 28.0 Å². The Morgan fingerprint density at radius 1 is 1.09 bits per heavy atom. The van der Waals surface area contributed by atoms with Gasteiger partial charge in [0.2, 0.25) is 0 Å². The number of rotatable bonds is 6. The maximum absolute atomic E-state index is 13.0. The van der Waals surface area contributed by atoms with Crippen molar-refractivity contribution >= 4 is 40.3 Å². The van der Waals surface area contributed by atoms with Crippen LogP contribution in [-0.2, 0) is 11.2 Å². The Morgan fingerprint density at radius 2 is 1.85 bits per heavy atom. The predicted octanol–water partition coefficient (Wildman–Crippen LogP) is 6.05. The molecule has 1 unspecified atom stereocenters. The summed E-state index contributed by atoms with van der Waals surface area (Å²) in [5.74, 6) is 0.142. The summed E-state index contributed by atoms with van der Waals surface area (Å²) in [6.07, 6.45) is 0.0881. The van der Waals surface area contributed by atoms with Gasteiger partial charge in [-0.2, -0.15) is 0 Å². The minimum Gasteiger partial charge on any atom is -0.479 e. The van der Waals surface area contributed by atoms with Crippen molar-refractivity contribution in [1.29, 1.82) is 0 Å². The van der Waals surface area contributed by atoms with E-state index < -0.39 is 6.10 Å². The lowest BCUT2D eigenvalue weighted by Crippen LogP contribution is -2.46. The SMILES string of the molecule is CC1Oc2ccc(-c3csc(Cc4ccccc4)n3)cc2N(CC(=O)c2ccc(Cl)cc2)C1=O. The summed E-state index contributed by atoms with van der Waals surface area (Å²) in [6, 6.07) is 22.5. The minimum absolute atomic E-state index is 0.0824. The first-order valence-corrected chi connectivity index (χ1v) is 12.1. The van der Waals surface area contributed by atoms with Gasteiger partial charge in [-0.25, -0.2) is 4.98 Å². The van der Waals surface area contributed by atoms with Gasteiger partial charge in [-0.1, -0.05) is 41.9 Å². The average Bonchev–Trinajstić information content (AvgIpc) is 3.31. The number of fused-ring (bicyclic) bond motifs is 1. The van der Waals surface area contributed by atoms with E-state index in [9.17, 15) is 9.59 Å². The van der Waals surface area contributed by atoms with Crippen LogP contribution < -0.4 is 9.64 Å². The third-order valence-corrected chi connectivity index (χ3v) is 6.78. The van der Waals surface area contributed by atoms with Crippen molar-refractivity contribution in [2.75, 3.05) is 11.4 Å². The Hall–Kier alpha value is -3.48. The molecule has 0 saturated carbocycles. The molecular weight excluding hydrogens is 468 g/mol. The molecule has 1 aliphatic heterocycles. The molecular formula is C27H21ClN2O3S. The summed E-state index contributed by atoms with van der Waals surface area (Å²) in [6.45, 7) is 1.61. The number of carbonyl (C=O) groups is 2. The van der Waals surface area contributed by atoms with Crippen LogP contribution in [0.25, 0.3) is 11.3 Å². The standard InChI is InChI=1S/C27H21ClN2O3S/c1-17-27(32)30(15-24(31)19-7-10-21(28)11-8-19)23-14-20(9-12-25(23)33-17)22-16-34-26(29-22)13-18-5-3-2-4-6-18/h2-12,14,16-17H,13,15H2,1H3. The van der Waals surface area contributed by atoms with Crippen LogP contribution >= 0.6 is 22.9 Å². The van der Waals surface area contributed by atoms with Crippen molar-refractivity contribution in [2.45, 2.75) is 19.4 Å². The van der Waals surface area contributed by atoms with Crippen molar-refractivity contribution in [3.8, 4) is 17.0 Å². The summed E-state index contributed by atoms with van der Waals surface area (Å²) in [5, 5.41) is 3.57. The number of aromatic nitrogens is 1. The molecule has 0 saturated heterocycles. The summed E-state index contributed by atoms with van der Waals surface area (Å²) in [5.41, 5.74) is 3.96. The molecule has 1 amide bonds. The number of hydrogen-bond acceptors (Lipinski definition) is 5. The molecule has 4 aromatic rings. The maximum atomic E-state index is 13.0. The number of thiazole rings is 1. The first-order chi connectivity index (χ1) is 16.5. The second kappa shape index (κ2) is 9.41. The summed E-state index contributed by atoms with van der Waals surface area (Å²) in [4.78, 5) is 32.2. The number of nitrogens with zero attached hydrogens (tertiary/aromatic N) is 2. The van der Waals surface area contributed by atoms with E-state index in [1.807, 2.05) is 41.8 Å². The van der Waals surface area contributed by atoms with Crippen LogP contribution in [0.3, 0.4) is 0 Å². The van der Waals surface area contributed by atoms with E-state index in [1.165, 1.54) is 10.5 Å². The highest BCUT2D eigenvalue weighted by Gasteiger charge is 2.33. The monoisotopic (exact) mass is 488 g/mol. The van der Waals surface area contributed by atoms with E-state index in [1.54, 1.807) is 42.5 Å². The number of halogens is 1. The molecule has 5 nitrogen and oxygen atoms in total. The summed E-state index contributed by atoms with van der Waals surface area (Å²) in [7, 11) is 0. The highest BCUT2D eigenvalue weighted by atomic mass is 35.5. The molecule has 7 heteroatoms. The predicted molar refractivity (Wildman–Crippen MR) is 135 cm³/mol. The van der Waals surface area contributed by atoms with Crippen molar-refractivity contribution in [1.82, 2.24) is 4.98 Å². The second-order valence-electron chi connectivity index (χ2n) is 8.09. The molecule has 0 fully saturated rings. The van der Waals surface area contributed by atoms with E-state index in [0.29, 0.717) is 22.0 Å².